The predicted molar refractivity (Wildman–Crippen MR) is 89.8 cm³/mol. The van der Waals surface area contributed by atoms with E-state index in [1.54, 1.807) is 17.2 Å². The number of fused-ring (bicyclic) bond motifs is 1. The van der Waals surface area contributed by atoms with Crippen LogP contribution in [0.3, 0.4) is 0 Å². The Morgan fingerprint density at radius 1 is 1.04 bits per heavy atom. The Morgan fingerprint density at radius 2 is 1.87 bits per heavy atom. The molecule has 0 aliphatic heterocycles. The fourth-order valence-corrected chi connectivity index (χ4v) is 2.56. The van der Waals surface area contributed by atoms with Crippen molar-refractivity contribution >= 4 is 23.3 Å². The van der Waals surface area contributed by atoms with E-state index in [1.807, 2.05) is 24.3 Å². The molecule has 6 nitrogen and oxygen atoms in total. The lowest BCUT2D eigenvalue weighted by molar-refractivity contribution is 0.829. The molecule has 7 heteroatoms. The summed E-state index contributed by atoms with van der Waals surface area (Å²) in [6.45, 7) is 2.06. The second-order valence-electron chi connectivity index (χ2n) is 5.17. The summed E-state index contributed by atoms with van der Waals surface area (Å²) < 4.78 is 2.17. The summed E-state index contributed by atoms with van der Waals surface area (Å²) >= 11 is 5.19. The normalized spacial score (nSPS) is 11.0. The molecule has 1 aromatic carbocycles. The van der Waals surface area contributed by atoms with Gasteiger partial charge in [0.2, 0.25) is 0 Å². The summed E-state index contributed by atoms with van der Waals surface area (Å²) in [5.41, 5.74) is 3.82. The van der Waals surface area contributed by atoms with Crippen LogP contribution in [0.5, 0.6) is 0 Å². The van der Waals surface area contributed by atoms with Crippen LogP contribution in [0.25, 0.3) is 28.1 Å². The number of rotatable bonds is 2. The molecule has 3 heterocycles. The highest BCUT2D eigenvalue weighted by Gasteiger charge is 2.09. The number of hydrogen-bond acceptors (Lipinski definition) is 5. The molecule has 0 radical (unpaired) electrons. The number of hydrogen-bond donors (Lipinski definition) is 1. The Kier molecular flexibility index (Phi) is 3.20. The molecule has 4 aromatic rings. The van der Waals surface area contributed by atoms with E-state index in [0.717, 1.165) is 22.3 Å². The number of aromatic amines is 1. The van der Waals surface area contributed by atoms with Gasteiger partial charge in [0.15, 0.2) is 5.82 Å². The average Bonchev–Trinajstić information content (AvgIpc) is 3.01. The highest BCUT2D eigenvalue weighted by atomic mass is 32.1. The van der Waals surface area contributed by atoms with Crippen molar-refractivity contribution in [2.45, 2.75) is 6.92 Å². The first kappa shape index (κ1) is 13.7. The van der Waals surface area contributed by atoms with Gasteiger partial charge in [0, 0.05) is 5.56 Å². The Hall–Kier alpha value is -2.93. The summed E-state index contributed by atoms with van der Waals surface area (Å²) in [7, 11) is 0. The number of nitrogens with zero attached hydrogens (tertiary/aromatic N) is 5. The van der Waals surface area contributed by atoms with Crippen molar-refractivity contribution in [3.63, 3.8) is 0 Å². The zero-order valence-corrected chi connectivity index (χ0v) is 13.1. The second kappa shape index (κ2) is 5.36. The molecule has 0 unspecified atom stereocenters. The molecule has 0 fully saturated rings. The predicted octanol–water partition coefficient (Wildman–Crippen LogP) is 3.24. The summed E-state index contributed by atoms with van der Waals surface area (Å²) in [5.74, 6) is 0.618. The minimum Gasteiger partial charge on any atom is -0.330 e. The van der Waals surface area contributed by atoms with Crippen molar-refractivity contribution in [1.82, 2.24) is 29.9 Å². The SMILES string of the molecule is Cc1ccc(-c2ccc(-n3ncc4c(=S)nc[nH]c43)nn2)cc1. The number of H-pyrrole nitrogens is 1. The fraction of sp³-hybridized carbons (Fsp3) is 0.0625. The third-order valence-corrected chi connectivity index (χ3v) is 3.92. The van der Waals surface area contributed by atoms with Crippen molar-refractivity contribution < 1.29 is 0 Å². The van der Waals surface area contributed by atoms with E-state index >= 15 is 0 Å². The van der Waals surface area contributed by atoms with Gasteiger partial charge in [-0.05, 0) is 19.1 Å². The van der Waals surface area contributed by atoms with Crippen LogP contribution in [0.15, 0.2) is 48.9 Å². The van der Waals surface area contributed by atoms with Gasteiger partial charge >= 0.3 is 0 Å². The van der Waals surface area contributed by atoms with Gasteiger partial charge in [-0.1, -0.05) is 42.0 Å². The van der Waals surface area contributed by atoms with Crippen LogP contribution in [0, 0.1) is 11.6 Å². The van der Waals surface area contributed by atoms with Gasteiger partial charge in [0.05, 0.1) is 23.6 Å². The molecule has 0 saturated carbocycles. The van der Waals surface area contributed by atoms with Crippen LogP contribution < -0.4 is 0 Å². The molecule has 3 aromatic heterocycles. The Labute approximate surface area is 136 Å². The van der Waals surface area contributed by atoms with Gasteiger partial charge in [-0.25, -0.2) is 4.98 Å². The summed E-state index contributed by atoms with van der Waals surface area (Å²) in [4.78, 5) is 7.09. The second-order valence-corrected chi connectivity index (χ2v) is 5.56. The van der Waals surface area contributed by atoms with Gasteiger partial charge in [0.1, 0.15) is 10.3 Å². The minimum atomic E-state index is 0.509. The van der Waals surface area contributed by atoms with E-state index in [2.05, 4.69) is 44.3 Å². The first-order valence-corrected chi connectivity index (χ1v) is 7.46. The molecule has 0 atom stereocenters. The van der Waals surface area contributed by atoms with E-state index in [0.29, 0.717) is 10.5 Å². The van der Waals surface area contributed by atoms with Crippen molar-refractivity contribution in [1.29, 1.82) is 0 Å². The molecule has 0 bridgehead atoms. The molecule has 112 valence electrons. The lowest BCUT2D eigenvalue weighted by atomic mass is 10.1. The Morgan fingerprint density at radius 3 is 2.61 bits per heavy atom. The number of benzene rings is 1. The molecule has 0 aliphatic carbocycles. The highest BCUT2D eigenvalue weighted by Crippen LogP contribution is 2.19. The third-order valence-electron chi connectivity index (χ3n) is 3.60. The van der Waals surface area contributed by atoms with Crippen molar-refractivity contribution in [2.24, 2.45) is 0 Å². The molecular formula is C16H12N6S. The van der Waals surface area contributed by atoms with E-state index in [4.69, 9.17) is 12.2 Å². The maximum atomic E-state index is 5.19. The van der Waals surface area contributed by atoms with E-state index in [9.17, 15) is 0 Å². The smallest absolute Gasteiger partial charge is 0.178 e. The maximum absolute atomic E-state index is 5.19. The lowest BCUT2D eigenvalue weighted by Crippen LogP contribution is -2.02. The Bertz CT molecular complexity index is 1030. The third kappa shape index (κ3) is 2.40. The minimum absolute atomic E-state index is 0.509. The summed E-state index contributed by atoms with van der Waals surface area (Å²) in [5, 5.41) is 13.7. The van der Waals surface area contributed by atoms with Crippen molar-refractivity contribution in [3.8, 4) is 17.1 Å². The van der Waals surface area contributed by atoms with Gasteiger partial charge in [0.25, 0.3) is 0 Å². The highest BCUT2D eigenvalue weighted by molar-refractivity contribution is 7.71. The molecule has 23 heavy (non-hydrogen) atoms. The van der Waals surface area contributed by atoms with E-state index in [1.165, 1.54) is 5.56 Å². The number of aromatic nitrogens is 6. The van der Waals surface area contributed by atoms with Crippen molar-refractivity contribution in [2.75, 3.05) is 0 Å². The van der Waals surface area contributed by atoms with E-state index < -0.39 is 0 Å². The quantitative estimate of drug-likeness (QED) is 0.574. The summed E-state index contributed by atoms with van der Waals surface area (Å²) in [6, 6.07) is 12.0. The van der Waals surface area contributed by atoms with Gasteiger partial charge in [-0.3, -0.25) is 0 Å². The van der Waals surface area contributed by atoms with Gasteiger partial charge < -0.3 is 4.98 Å². The Balaban J connectivity index is 1.77. The number of aryl methyl sites for hydroxylation is 1. The van der Waals surface area contributed by atoms with Crippen LogP contribution in [0.4, 0.5) is 0 Å². The average molecular weight is 320 g/mol. The largest absolute Gasteiger partial charge is 0.330 e. The van der Waals surface area contributed by atoms with Crippen LogP contribution in [-0.2, 0) is 0 Å². The molecule has 0 spiro atoms. The van der Waals surface area contributed by atoms with Crippen LogP contribution in [0.1, 0.15) is 5.56 Å². The lowest BCUT2D eigenvalue weighted by Gasteiger charge is -2.04. The summed E-state index contributed by atoms with van der Waals surface area (Å²) in [6.07, 6.45) is 3.23. The maximum Gasteiger partial charge on any atom is 0.178 e. The molecule has 1 N–H and O–H groups in total. The standard InChI is InChI=1S/C16H12N6S/c1-10-2-4-11(5-3-10)13-6-7-14(21-20-13)22-15-12(8-19-22)16(23)18-9-17-15/h2-9H,1H3,(H,17,18,23). The molecular weight excluding hydrogens is 308 g/mol. The molecule has 4 rings (SSSR count). The zero-order valence-electron chi connectivity index (χ0n) is 12.3. The van der Waals surface area contributed by atoms with Gasteiger partial charge in [-0.15, -0.1) is 10.2 Å². The first-order valence-electron chi connectivity index (χ1n) is 7.05. The van der Waals surface area contributed by atoms with Crippen LogP contribution in [-0.4, -0.2) is 29.9 Å². The molecule has 0 saturated heterocycles. The first-order chi connectivity index (χ1) is 11.2. The number of nitrogens with one attached hydrogen (secondary N) is 1. The topological polar surface area (TPSA) is 72.3 Å². The molecule has 0 aliphatic rings. The molecule has 0 amide bonds. The fourth-order valence-electron chi connectivity index (χ4n) is 2.36. The van der Waals surface area contributed by atoms with Crippen LogP contribution in [0.2, 0.25) is 0 Å². The van der Waals surface area contributed by atoms with E-state index in [-0.39, 0.29) is 0 Å². The van der Waals surface area contributed by atoms with Gasteiger partial charge in [-0.2, -0.15) is 9.78 Å². The zero-order chi connectivity index (χ0) is 15.8. The van der Waals surface area contributed by atoms with Crippen LogP contribution >= 0.6 is 12.2 Å². The monoisotopic (exact) mass is 320 g/mol. The van der Waals surface area contributed by atoms with Crippen molar-refractivity contribution in [3.05, 3.63) is 59.1 Å².